The molecule has 1 N–H and O–H groups in total. The van der Waals surface area contributed by atoms with E-state index in [9.17, 15) is 23.6 Å². The van der Waals surface area contributed by atoms with Crippen LogP contribution in [-0.4, -0.2) is 43.6 Å². The third-order valence-corrected chi connectivity index (χ3v) is 5.34. The first-order valence-electron chi connectivity index (χ1n) is 9.09. The zero-order valence-electron chi connectivity index (χ0n) is 16.9. The fourth-order valence-corrected chi connectivity index (χ4v) is 3.85. The number of hydrogen-bond acceptors (Lipinski definition) is 8. The van der Waals surface area contributed by atoms with Gasteiger partial charge in [-0.3, -0.25) is 4.79 Å². The molecule has 1 heterocycles. The van der Waals surface area contributed by atoms with Crippen LogP contribution in [0, 0.1) is 12.7 Å². The van der Waals surface area contributed by atoms with E-state index in [1.165, 1.54) is 19.1 Å². The molecule has 0 atom stereocenters. The number of anilines is 1. The Balaban J connectivity index is 2.19. The van der Waals surface area contributed by atoms with Crippen LogP contribution in [0.25, 0.3) is 0 Å². The summed E-state index contributed by atoms with van der Waals surface area (Å²) < 4.78 is 28.6. The molecule has 11 heteroatoms. The number of halogens is 2. The standard InChI is InChI=1S/C20H19ClFNO7S/c1-4-28-18(25)14-10(3)16(20(27)29-5-2)31-17(14)23-13(24)9-30-19(26)15-11(21)7-6-8-12(15)22/h6-8H,4-5,9H2,1-3H3,(H,23,24). The van der Waals surface area contributed by atoms with E-state index in [2.05, 4.69) is 5.32 Å². The zero-order chi connectivity index (χ0) is 23.1. The molecule has 31 heavy (non-hydrogen) atoms. The molecule has 0 unspecified atom stereocenters. The van der Waals surface area contributed by atoms with E-state index in [0.29, 0.717) is 0 Å². The molecule has 2 rings (SSSR count). The second kappa shape index (κ2) is 10.9. The van der Waals surface area contributed by atoms with Gasteiger partial charge < -0.3 is 19.5 Å². The fourth-order valence-electron chi connectivity index (χ4n) is 2.50. The van der Waals surface area contributed by atoms with Crippen LogP contribution >= 0.6 is 22.9 Å². The van der Waals surface area contributed by atoms with Crippen LogP contribution < -0.4 is 5.32 Å². The van der Waals surface area contributed by atoms with Crippen LogP contribution in [0.1, 0.15) is 49.8 Å². The number of amides is 1. The largest absolute Gasteiger partial charge is 0.462 e. The van der Waals surface area contributed by atoms with Gasteiger partial charge in [0.2, 0.25) is 0 Å². The number of ether oxygens (including phenoxy) is 3. The van der Waals surface area contributed by atoms with Gasteiger partial charge in [0.15, 0.2) is 6.61 Å². The van der Waals surface area contributed by atoms with E-state index in [0.717, 1.165) is 17.4 Å². The molecule has 166 valence electrons. The van der Waals surface area contributed by atoms with Crippen molar-refractivity contribution in [2.75, 3.05) is 25.1 Å². The van der Waals surface area contributed by atoms with Crippen molar-refractivity contribution in [2.24, 2.45) is 0 Å². The molecule has 0 radical (unpaired) electrons. The van der Waals surface area contributed by atoms with E-state index in [1.54, 1.807) is 13.8 Å². The number of esters is 3. The van der Waals surface area contributed by atoms with Crippen molar-refractivity contribution < 1.29 is 37.8 Å². The van der Waals surface area contributed by atoms with Crippen LogP contribution in [0.4, 0.5) is 9.39 Å². The molecule has 0 aliphatic rings. The van der Waals surface area contributed by atoms with Crippen LogP contribution in [-0.2, 0) is 19.0 Å². The fraction of sp³-hybridized carbons (Fsp3) is 0.300. The number of benzene rings is 1. The average Bonchev–Trinajstić information content (AvgIpc) is 3.02. The Morgan fingerprint density at radius 2 is 1.61 bits per heavy atom. The van der Waals surface area contributed by atoms with Gasteiger partial charge >= 0.3 is 17.9 Å². The predicted octanol–water partition coefficient (Wildman–Crippen LogP) is 4.00. The van der Waals surface area contributed by atoms with Gasteiger partial charge in [-0.1, -0.05) is 17.7 Å². The molecule has 2 aromatic rings. The second-order valence-corrected chi connectivity index (χ2v) is 7.35. The zero-order valence-corrected chi connectivity index (χ0v) is 18.4. The van der Waals surface area contributed by atoms with Crippen molar-refractivity contribution in [2.45, 2.75) is 20.8 Å². The highest BCUT2D eigenvalue weighted by Crippen LogP contribution is 2.34. The van der Waals surface area contributed by atoms with Gasteiger partial charge in [-0.2, -0.15) is 0 Å². The second-order valence-electron chi connectivity index (χ2n) is 5.92. The molecule has 1 aromatic heterocycles. The number of hydrogen-bond donors (Lipinski definition) is 1. The van der Waals surface area contributed by atoms with E-state index in [4.69, 9.17) is 25.8 Å². The van der Waals surface area contributed by atoms with Crippen molar-refractivity contribution in [1.29, 1.82) is 0 Å². The lowest BCUT2D eigenvalue weighted by atomic mass is 10.1. The number of carbonyl (C=O) groups excluding carboxylic acids is 4. The Morgan fingerprint density at radius 3 is 2.23 bits per heavy atom. The Labute approximate surface area is 186 Å². The summed E-state index contributed by atoms with van der Waals surface area (Å²) >= 11 is 6.62. The SMILES string of the molecule is CCOC(=O)c1sc(NC(=O)COC(=O)c2c(F)cccc2Cl)c(C(=O)OCC)c1C. The van der Waals surface area contributed by atoms with Crippen molar-refractivity contribution in [3.05, 3.63) is 50.6 Å². The number of rotatable bonds is 8. The summed E-state index contributed by atoms with van der Waals surface area (Å²) in [4.78, 5) is 48.9. The Hall–Kier alpha value is -2.98. The lowest BCUT2D eigenvalue weighted by Crippen LogP contribution is -2.22. The van der Waals surface area contributed by atoms with E-state index >= 15 is 0 Å². The summed E-state index contributed by atoms with van der Waals surface area (Å²) in [6, 6.07) is 3.65. The van der Waals surface area contributed by atoms with Gasteiger partial charge in [-0.05, 0) is 38.5 Å². The summed E-state index contributed by atoms with van der Waals surface area (Å²) in [6.45, 7) is 4.18. The normalized spacial score (nSPS) is 10.4. The minimum absolute atomic E-state index is 0.00766. The van der Waals surface area contributed by atoms with Crippen LogP contribution in [0.2, 0.25) is 5.02 Å². The van der Waals surface area contributed by atoms with Crippen LogP contribution in [0.15, 0.2) is 18.2 Å². The van der Waals surface area contributed by atoms with E-state index in [1.807, 2.05) is 0 Å². The smallest absolute Gasteiger partial charge is 0.348 e. The number of carbonyl (C=O) groups is 4. The summed E-state index contributed by atoms with van der Waals surface area (Å²) in [7, 11) is 0. The quantitative estimate of drug-likeness (QED) is 0.458. The van der Waals surface area contributed by atoms with Crippen molar-refractivity contribution in [3.63, 3.8) is 0 Å². The van der Waals surface area contributed by atoms with Gasteiger partial charge in [0.25, 0.3) is 5.91 Å². The summed E-state index contributed by atoms with van der Waals surface area (Å²) in [5.41, 5.74) is -0.222. The monoisotopic (exact) mass is 471 g/mol. The highest BCUT2D eigenvalue weighted by Gasteiger charge is 2.27. The molecule has 0 bridgehead atoms. The predicted molar refractivity (Wildman–Crippen MR) is 111 cm³/mol. The van der Waals surface area contributed by atoms with Gasteiger partial charge in [-0.15, -0.1) is 11.3 Å². The highest BCUT2D eigenvalue weighted by molar-refractivity contribution is 7.18. The Kier molecular flexibility index (Phi) is 8.52. The van der Waals surface area contributed by atoms with Gasteiger partial charge in [0, 0.05) is 0 Å². The molecule has 0 saturated heterocycles. The minimum Gasteiger partial charge on any atom is -0.462 e. The topological polar surface area (TPSA) is 108 Å². The number of nitrogens with one attached hydrogen (secondary N) is 1. The Bertz CT molecular complexity index is 1000. The number of thiophene rings is 1. The summed E-state index contributed by atoms with van der Waals surface area (Å²) in [6.07, 6.45) is 0. The lowest BCUT2D eigenvalue weighted by molar-refractivity contribution is -0.119. The summed E-state index contributed by atoms with van der Waals surface area (Å²) in [5, 5.41) is 2.28. The summed E-state index contributed by atoms with van der Waals surface area (Å²) in [5.74, 6) is -4.23. The highest BCUT2D eigenvalue weighted by atomic mass is 35.5. The van der Waals surface area contributed by atoms with Gasteiger partial charge in [-0.25, -0.2) is 18.8 Å². The molecular formula is C20H19ClFNO7S. The van der Waals surface area contributed by atoms with Crippen molar-refractivity contribution >= 4 is 51.8 Å². The molecular weight excluding hydrogens is 453 g/mol. The molecule has 0 aliphatic carbocycles. The molecule has 1 amide bonds. The molecule has 0 saturated carbocycles. The minimum atomic E-state index is -1.13. The third-order valence-electron chi connectivity index (χ3n) is 3.84. The first-order chi connectivity index (χ1) is 14.7. The average molecular weight is 472 g/mol. The van der Waals surface area contributed by atoms with Crippen LogP contribution in [0.5, 0.6) is 0 Å². The molecule has 0 spiro atoms. The maximum absolute atomic E-state index is 13.8. The molecule has 8 nitrogen and oxygen atoms in total. The van der Waals surface area contributed by atoms with Crippen molar-refractivity contribution in [3.8, 4) is 0 Å². The molecule has 0 aliphatic heterocycles. The van der Waals surface area contributed by atoms with E-state index in [-0.39, 0.29) is 39.2 Å². The van der Waals surface area contributed by atoms with Gasteiger partial charge in [0.05, 0.1) is 23.8 Å². The third kappa shape index (κ3) is 5.80. The van der Waals surface area contributed by atoms with Gasteiger partial charge in [0.1, 0.15) is 21.3 Å². The Morgan fingerprint density at radius 1 is 1.00 bits per heavy atom. The lowest BCUT2D eigenvalue weighted by Gasteiger charge is -2.09. The van der Waals surface area contributed by atoms with Crippen LogP contribution in [0.3, 0.4) is 0 Å². The first-order valence-corrected chi connectivity index (χ1v) is 10.3. The maximum Gasteiger partial charge on any atom is 0.348 e. The molecule has 0 fully saturated rings. The van der Waals surface area contributed by atoms with Crippen molar-refractivity contribution in [1.82, 2.24) is 0 Å². The maximum atomic E-state index is 13.8. The van der Waals surface area contributed by atoms with E-state index < -0.39 is 41.8 Å². The molecule has 1 aromatic carbocycles. The first kappa shape index (κ1) is 24.3.